The number of carboxylic acid groups (broad SMARTS) is 1. The Morgan fingerprint density at radius 1 is 1.24 bits per heavy atom. The highest BCUT2D eigenvalue weighted by Crippen LogP contribution is 2.16. The van der Waals surface area contributed by atoms with Crippen LogP contribution in [0.25, 0.3) is 0 Å². The van der Waals surface area contributed by atoms with E-state index in [2.05, 4.69) is 0 Å². The van der Waals surface area contributed by atoms with Crippen molar-refractivity contribution in [2.24, 2.45) is 5.73 Å². The van der Waals surface area contributed by atoms with Crippen LogP contribution in [0.15, 0.2) is 23.4 Å². The number of aliphatic carboxylic acids is 1. The summed E-state index contributed by atoms with van der Waals surface area (Å²) in [5, 5.41) is 8.63. The summed E-state index contributed by atoms with van der Waals surface area (Å²) in [5.41, 5.74) is 4.96. The topological polar surface area (TPSA) is 63.3 Å². The van der Waals surface area contributed by atoms with Gasteiger partial charge in [0.1, 0.15) is 5.82 Å². The van der Waals surface area contributed by atoms with E-state index >= 15 is 0 Å². The van der Waals surface area contributed by atoms with E-state index in [1.165, 1.54) is 6.92 Å². The van der Waals surface area contributed by atoms with Crippen LogP contribution in [0.5, 0.6) is 0 Å². The van der Waals surface area contributed by atoms with Crippen molar-refractivity contribution in [3.63, 3.8) is 0 Å². The van der Waals surface area contributed by atoms with Crippen molar-refractivity contribution in [1.29, 1.82) is 0 Å². The molecule has 0 bridgehead atoms. The maximum Gasteiger partial charge on any atom is 0.333 e. The van der Waals surface area contributed by atoms with Crippen LogP contribution >= 0.6 is 0 Å². The van der Waals surface area contributed by atoms with Crippen molar-refractivity contribution in [3.05, 3.63) is 46.4 Å². The Hall–Kier alpha value is -1.98. The Morgan fingerprint density at radius 2 is 1.76 bits per heavy atom. The van der Waals surface area contributed by atoms with Crippen molar-refractivity contribution >= 4 is 5.97 Å². The Morgan fingerprint density at radius 3 is 2.29 bits per heavy atom. The second-order valence-electron chi connectivity index (χ2n) is 3.49. The lowest BCUT2D eigenvalue weighted by Gasteiger charge is -2.06. The van der Waals surface area contributed by atoms with Crippen molar-refractivity contribution in [2.45, 2.75) is 13.3 Å². The van der Waals surface area contributed by atoms with Gasteiger partial charge in [0.2, 0.25) is 0 Å². The number of allylic oxidation sites excluding steroid dienone is 1. The van der Waals surface area contributed by atoms with E-state index in [9.17, 15) is 18.0 Å². The summed E-state index contributed by atoms with van der Waals surface area (Å²) in [6, 6.07) is 1.06. The van der Waals surface area contributed by atoms with Crippen molar-refractivity contribution in [2.75, 3.05) is 0 Å². The molecule has 3 nitrogen and oxygen atoms in total. The molecule has 1 aromatic rings. The maximum atomic E-state index is 13.2. The number of hydrogen-bond acceptors (Lipinski definition) is 2. The lowest BCUT2D eigenvalue weighted by Crippen LogP contribution is -2.11. The van der Waals surface area contributed by atoms with Crippen LogP contribution in [0.2, 0.25) is 0 Å². The number of hydrogen-bond donors (Lipinski definition) is 2. The van der Waals surface area contributed by atoms with Gasteiger partial charge in [0, 0.05) is 18.2 Å². The second-order valence-corrected chi connectivity index (χ2v) is 3.49. The molecule has 0 aromatic heterocycles. The first-order chi connectivity index (χ1) is 7.82. The van der Waals surface area contributed by atoms with E-state index in [1.54, 1.807) is 0 Å². The molecule has 0 radical (unpaired) electrons. The van der Waals surface area contributed by atoms with Gasteiger partial charge in [-0.3, -0.25) is 0 Å². The lowest BCUT2D eigenvalue weighted by molar-refractivity contribution is -0.132. The molecule has 0 amide bonds. The number of carboxylic acids is 1. The van der Waals surface area contributed by atoms with Crippen LogP contribution in [0, 0.1) is 17.5 Å². The van der Waals surface area contributed by atoms with Gasteiger partial charge in [-0.25, -0.2) is 18.0 Å². The highest BCUT2D eigenvalue weighted by atomic mass is 19.2. The van der Waals surface area contributed by atoms with Crippen molar-refractivity contribution < 1.29 is 23.1 Å². The zero-order valence-corrected chi connectivity index (χ0v) is 8.93. The molecule has 6 heteroatoms. The number of benzene rings is 1. The van der Waals surface area contributed by atoms with Crippen LogP contribution < -0.4 is 5.73 Å². The molecule has 1 aromatic carbocycles. The molecule has 92 valence electrons. The summed E-state index contributed by atoms with van der Waals surface area (Å²) in [4.78, 5) is 10.6. The standard InChI is InChI=1S/C11H10F3NO2/c1-5(11(16)17)10(15)3-6-2-8(13)9(14)4-7(6)12/h2,4H,3,15H2,1H3,(H,16,17)/b10-5-. The molecule has 0 aliphatic heterocycles. The molecular formula is C11H10F3NO2. The Balaban J connectivity index is 3.08. The summed E-state index contributed by atoms with van der Waals surface area (Å²) >= 11 is 0. The third-order valence-corrected chi connectivity index (χ3v) is 2.27. The smallest absolute Gasteiger partial charge is 0.333 e. The quantitative estimate of drug-likeness (QED) is 0.632. The molecule has 0 aliphatic carbocycles. The summed E-state index contributed by atoms with van der Waals surface area (Å²) < 4.78 is 38.7. The molecule has 0 aliphatic rings. The van der Waals surface area contributed by atoms with E-state index in [1.807, 2.05) is 0 Å². The number of rotatable bonds is 3. The van der Waals surface area contributed by atoms with Gasteiger partial charge in [-0.15, -0.1) is 0 Å². The minimum atomic E-state index is -1.30. The summed E-state index contributed by atoms with van der Waals surface area (Å²) in [6.45, 7) is 1.25. The molecule has 3 N–H and O–H groups in total. The largest absolute Gasteiger partial charge is 0.478 e. The predicted molar refractivity (Wildman–Crippen MR) is 54.5 cm³/mol. The summed E-state index contributed by atoms with van der Waals surface area (Å²) in [7, 11) is 0. The van der Waals surface area contributed by atoms with Crippen LogP contribution in [-0.2, 0) is 11.2 Å². The van der Waals surface area contributed by atoms with Crippen LogP contribution in [0.1, 0.15) is 12.5 Å². The summed E-state index contributed by atoms with van der Waals surface area (Å²) in [6.07, 6.45) is -0.291. The molecule has 0 unspecified atom stereocenters. The molecule has 1 rings (SSSR count). The second kappa shape index (κ2) is 4.90. The van der Waals surface area contributed by atoms with E-state index in [0.29, 0.717) is 12.1 Å². The first-order valence-corrected chi connectivity index (χ1v) is 4.65. The monoisotopic (exact) mass is 245 g/mol. The Kier molecular flexibility index (Phi) is 3.77. The minimum Gasteiger partial charge on any atom is -0.478 e. The Labute approximate surface area is 95.4 Å². The molecule has 0 spiro atoms. The first kappa shape index (κ1) is 13.1. The van der Waals surface area contributed by atoms with E-state index < -0.39 is 23.4 Å². The van der Waals surface area contributed by atoms with Gasteiger partial charge in [0.05, 0.1) is 5.57 Å². The maximum absolute atomic E-state index is 13.2. The van der Waals surface area contributed by atoms with E-state index in [0.717, 1.165) is 0 Å². The van der Waals surface area contributed by atoms with Crippen LogP contribution in [0.4, 0.5) is 13.2 Å². The highest BCUT2D eigenvalue weighted by Gasteiger charge is 2.13. The number of carbonyl (C=O) groups is 1. The fourth-order valence-electron chi connectivity index (χ4n) is 1.17. The molecule has 0 saturated heterocycles. The van der Waals surface area contributed by atoms with Gasteiger partial charge in [-0.2, -0.15) is 0 Å². The molecule has 0 atom stereocenters. The SMILES string of the molecule is C/C(C(=O)O)=C(/N)Cc1cc(F)c(F)cc1F. The van der Waals surface area contributed by atoms with E-state index in [-0.39, 0.29) is 23.3 Å². The third-order valence-electron chi connectivity index (χ3n) is 2.27. The zero-order chi connectivity index (χ0) is 13.2. The van der Waals surface area contributed by atoms with Gasteiger partial charge < -0.3 is 10.8 Å². The molecule has 0 fully saturated rings. The number of nitrogens with two attached hydrogens (primary N) is 1. The van der Waals surface area contributed by atoms with Gasteiger partial charge >= 0.3 is 5.97 Å². The van der Waals surface area contributed by atoms with Crippen molar-refractivity contribution in [1.82, 2.24) is 0 Å². The molecular weight excluding hydrogens is 235 g/mol. The fourth-order valence-corrected chi connectivity index (χ4v) is 1.17. The fraction of sp³-hybridized carbons (Fsp3) is 0.182. The Bertz CT molecular complexity index is 498. The number of halogens is 3. The van der Waals surface area contributed by atoms with Crippen LogP contribution in [0.3, 0.4) is 0 Å². The average Bonchev–Trinajstić information content (AvgIpc) is 2.24. The molecule has 17 heavy (non-hydrogen) atoms. The predicted octanol–water partition coefficient (Wildman–Crippen LogP) is 1.96. The highest BCUT2D eigenvalue weighted by molar-refractivity contribution is 5.86. The zero-order valence-electron chi connectivity index (χ0n) is 8.93. The average molecular weight is 245 g/mol. The molecule has 0 saturated carbocycles. The van der Waals surface area contributed by atoms with Gasteiger partial charge in [-0.1, -0.05) is 0 Å². The van der Waals surface area contributed by atoms with Crippen molar-refractivity contribution in [3.8, 4) is 0 Å². The van der Waals surface area contributed by atoms with E-state index in [4.69, 9.17) is 10.8 Å². The normalized spacial score (nSPS) is 12.2. The lowest BCUT2D eigenvalue weighted by atomic mass is 10.1. The van der Waals surface area contributed by atoms with Gasteiger partial charge in [0.15, 0.2) is 11.6 Å². The summed E-state index contributed by atoms with van der Waals surface area (Å²) in [5.74, 6) is -4.72. The first-order valence-electron chi connectivity index (χ1n) is 4.65. The molecule has 0 heterocycles. The van der Waals surface area contributed by atoms with Crippen LogP contribution in [-0.4, -0.2) is 11.1 Å². The van der Waals surface area contributed by atoms with Gasteiger partial charge in [0.25, 0.3) is 0 Å². The van der Waals surface area contributed by atoms with Gasteiger partial charge in [-0.05, 0) is 18.6 Å². The third kappa shape index (κ3) is 2.99. The minimum absolute atomic E-state index is 0.109.